The highest BCUT2D eigenvalue weighted by molar-refractivity contribution is 5.19. The largest absolute Gasteiger partial charge is 0.399 e. The van der Waals surface area contributed by atoms with Gasteiger partial charge in [0, 0.05) is 5.70 Å². The highest BCUT2D eigenvalue weighted by Gasteiger charge is 1.83. The first-order valence-electron chi connectivity index (χ1n) is 3.43. The smallest absolute Gasteiger partial charge is 0.0310 e. The summed E-state index contributed by atoms with van der Waals surface area (Å²) >= 11 is 0. The van der Waals surface area contributed by atoms with Gasteiger partial charge in [0.25, 0.3) is 0 Å². The summed E-state index contributed by atoms with van der Waals surface area (Å²) in [5.41, 5.74) is 6.29. The van der Waals surface area contributed by atoms with Crippen LogP contribution in [0, 0.1) is 5.92 Å². The van der Waals surface area contributed by atoms with E-state index >= 15 is 0 Å². The van der Waals surface area contributed by atoms with Crippen LogP contribution in [0.5, 0.6) is 0 Å². The quantitative estimate of drug-likeness (QED) is 0.593. The van der Waals surface area contributed by atoms with Crippen molar-refractivity contribution in [1.82, 2.24) is 0 Å². The molecule has 1 nitrogen and oxygen atoms in total. The Bertz CT molecular complexity index is 152. The fourth-order valence-electron chi connectivity index (χ4n) is 0.495. The minimum absolute atomic E-state index is 0.553. The first kappa shape index (κ1) is 9.02. The summed E-state index contributed by atoms with van der Waals surface area (Å²) in [6.45, 7) is 7.76. The van der Waals surface area contributed by atoms with E-state index in [1.54, 1.807) is 12.2 Å². The van der Waals surface area contributed by atoms with Crippen LogP contribution in [-0.2, 0) is 0 Å². The number of nitrogens with two attached hydrogens (primary N) is 1. The Kier molecular flexibility index (Phi) is 4.38. The second-order valence-electron chi connectivity index (χ2n) is 2.51. The zero-order chi connectivity index (χ0) is 7.98. The summed E-state index contributed by atoms with van der Waals surface area (Å²) in [6.07, 6.45) is 7.40. The monoisotopic (exact) mass is 137 g/mol. The Labute approximate surface area is 62.9 Å². The summed E-state index contributed by atoms with van der Waals surface area (Å²) in [4.78, 5) is 0. The molecule has 0 atom stereocenters. The normalized spacial score (nSPS) is 12.9. The molecule has 0 unspecified atom stereocenters. The standard InChI is InChI=1S/C9H15N/c1-4-5-9(10)7-6-8(2)3/h4-8H,1,10H2,2-3H3/b7-6-,9-5+. The van der Waals surface area contributed by atoms with Gasteiger partial charge in [0.15, 0.2) is 0 Å². The second-order valence-corrected chi connectivity index (χ2v) is 2.51. The summed E-state index contributed by atoms with van der Waals surface area (Å²) in [5.74, 6) is 0.553. The van der Waals surface area contributed by atoms with Gasteiger partial charge >= 0.3 is 0 Å². The minimum Gasteiger partial charge on any atom is -0.399 e. The average Bonchev–Trinajstić information content (AvgIpc) is 1.85. The van der Waals surface area contributed by atoms with Crippen LogP contribution in [0.4, 0.5) is 0 Å². The molecule has 0 heterocycles. The van der Waals surface area contributed by atoms with Gasteiger partial charge in [-0.05, 0) is 18.1 Å². The van der Waals surface area contributed by atoms with Crippen molar-refractivity contribution in [3.8, 4) is 0 Å². The Morgan fingerprint density at radius 1 is 1.50 bits per heavy atom. The molecule has 0 aliphatic heterocycles. The van der Waals surface area contributed by atoms with Gasteiger partial charge < -0.3 is 5.73 Å². The lowest BCUT2D eigenvalue weighted by Gasteiger charge is -1.93. The number of hydrogen-bond donors (Lipinski definition) is 1. The van der Waals surface area contributed by atoms with E-state index in [1.165, 1.54) is 0 Å². The van der Waals surface area contributed by atoms with Crippen molar-refractivity contribution < 1.29 is 0 Å². The molecule has 0 radical (unpaired) electrons. The molecule has 0 aromatic rings. The Morgan fingerprint density at radius 3 is 2.50 bits per heavy atom. The summed E-state index contributed by atoms with van der Waals surface area (Å²) < 4.78 is 0. The number of hydrogen-bond acceptors (Lipinski definition) is 1. The maximum absolute atomic E-state index is 5.54. The SMILES string of the molecule is C=C/C=C(N)\C=C/C(C)C. The zero-order valence-corrected chi connectivity index (χ0v) is 6.67. The molecular weight excluding hydrogens is 122 g/mol. The van der Waals surface area contributed by atoms with E-state index in [1.807, 2.05) is 6.08 Å². The molecular formula is C9H15N. The van der Waals surface area contributed by atoms with E-state index in [9.17, 15) is 0 Å². The second kappa shape index (κ2) is 4.86. The highest BCUT2D eigenvalue weighted by atomic mass is 14.5. The molecule has 0 aliphatic rings. The predicted molar refractivity (Wildman–Crippen MR) is 46.4 cm³/mol. The molecule has 0 saturated heterocycles. The molecule has 2 N–H and O–H groups in total. The lowest BCUT2D eigenvalue weighted by atomic mass is 10.2. The maximum Gasteiger partial charge on any atom is 0.0310 e. The van der Waals surface area contributed by atoms with Crippen LogP contribution in [0.25, 0.3) is 0 Å². The van der Waals surface area contributed by atoms with Crippen molar-refractivity contribution in [3.63, 3.8) is 0 Å². The summed E-state index contributed by atoms with van der Waals surface area (Å²) in [5, 5.41) is 0. The molecule has 0 amide bonds. The van der Waals surface area contributed by atoms with Crippen LogP contribution in [0.1, 0.15) is 13.8 Å². The molecule has 1 heteroatoms. The first-order chi connectivity index (χ1) is 4.66. The molecule has 0 rings (SSSR count). The molecule has 0 bridgehead atoms. The van der Waals surface area contributed by atoms with Gasteiger partial charge in [0.2, 0.25) is 0 Å². The van der Waals surface area contributed by atoms with E-state index in [2.05, 4.69) is 26.5 Å². The van der Waals surface area contributed by atoms with Gasteiger partial charge in [-0.15, -0.1) is 0 Å². The van der Waals surface area contributed by atoms with Crippen LogP contribution in [0.15, 0.2) is 36.6 Å². The lowest BCUT2D eigenvalue weighted by molar-refractivity contribution is 0.830. The Balaban J connectivity index is 3.88. The number of allylic oxidation sites excluding steroid dienone is 4. The van der Waals surface area contributed by atoms with Crippen LogP contribution >= 0.6 is 0 Å². The third-order valence-corrected chi connectivity index (χ3v) is 0.984. The topological polar surface area (TPSA) is 26.0 Å². The van der Waals surface area contributed by atoms with Crippen LogP contribution < -0.4 is 5.73 Å². The fourth-order valence-corrected chi connectivity index (χ4v) is 0.495. The molecule has 56 valence electrons. The summed E-state index contributed by atoms with van der Waals surface area (Å²) in [6, 6.07) is 0. The van der Waals surface area contributed by atoms with E-state index in [0.29, 0.717) is 5.92 Å². The average molecular weight is 137 g/mol. The van der Waals surface area contributed by atoms with E-state index in [0.717, 1.165) is 5.70 Å². The van der Waals surface area contributed by atoms with Crippen molar-refractivity contribution in [1.29, 1.82) is 0 Å². The lowest BCUT2D eigenvalue weighted by Crippen LogP contribution is -1.92. The van der Waals surface area contributed by atoms with Gasteiger partial charge in [-0.2, -0.15) is 0 Å². The van der Waals surface area contributed by atoms with Gasteiger partial charge in [-0.25, -0.2) is 0 Å². The molecule has 0 aromatic carbocycles. The van der Waals surface area contributed by atoms with Crippen molar-refractivity contribution in [2.75, 3.05) is 0 Å². The van der Waals surface area contributed by atoms with Crippen molar-refractivity contribution in [2.24, 2.45) is 11.7 Å². The number of rotatable bonds is 3. The van der Waals surface area contributed by atoms with E-state index < -0.39 is 0 Å². The van der Waals surface area contributed by atoms with Crippen molar-refractivity contribution in [3.05, 3.63) is 36.6 Å². The molecule has 0 saturated carbocycles. The van der Waals surface area contributed by atoms with Gasteiger partial charge in [-0.1, -0.05) is 32.6 Å². The molecule has 10 heavy (non-hydrogen) atoms. The molecule has 0 aromatic heterocycles. The van der Waals surface area contributed by atoms with Crippen molar-refractivity contribution in [2.45, 2.75) is 13.8 Å². The van der Waals surface area contributed by atoms with E-state index in [4.69, 9.17) is 5.73 Å². The Morgan fingerprint density at radius 2 is 2.10 bits per heavy atom. The van der Waals surface area contributed by atoms with E-state index in [-0.39, 0.29) is 0 Å². The van der Waals surface area contributed by atoms with Gasteiger partial charge in [0.1, 0.15) is 0 Å². The molecule has 0 fully saturated rings. The third-order valence-electron chi connectivity index (χ3n) is 0.984. The first-order valence-corrected chi connectivity index (χ1v) is 3.43. The Hall–Kier alpha value is -0.980. The van der Waals surface area contributed by atoms with Crippen LogP contribution in [-0.4, -0.2) is 0 Å². The zero-order valence-electron chi connectivity index (χ0n) is 6.67. The van der Waals surface area contributed by atoms with Crippen LogP contribution in [0.2, 0.25) is 0 Å². The molecule has 0 spiro atoms. The van der Waals surface area contributed by atoms with Crippen molar-refractivity contribution >= 4 is 0 Å². The summed E-state index contributed by atoms with van der Waals surface area (Å²) in [7, 11) is 0. The predicted octanol–water partition coefficient (Wildman–Crippen LogP) is 2.23. The van der Waals surface area contributed by atoms with Gasteiger partial charge in [-0.3, -0.25) is 0 Å². The highest BCUT2D eigenvalue weighted by Crippen LogP contribution is 1.96. The van der Waals surface area contributed by atoms with Crippen LogP contribution in [0.3, 0.4) is 0 Å². The third kappa shape index (κ3) is 5.16. The molecule has 0 aliphatic carbocycles. The maximum atomic E-state index is 5.54. The minimum atomic E-state index is 0.553. The fraction of sp³-hybridized carbons (Fsp3) is 0.333. The van der Waals surface area contributed by atoms with Gasteiger partial charge in [0.05, 0.1) is 0 Å².